The minimum Gasteiger partial charge on any atom is -0.508 e. The second kappa shape index (κ2) is 9.40. The molecule has 2 N–H and O–H groups in total. The van der Waals surface area contributed by atoms with Crippen LogP contribution in [0.15, 0.2) is 36.5 Å². The van der Waals surface area contributed by atoms with Gasteiger partial charge in [-0.2, -0.15) is 14.6 Å². The fraction of sp³-hybridized carbons (Fsp3) is 0.400. The maximum Gasteiger partial charge on any atom is 0.219 e. The highest BCUT2D eigenvalue weighted by atomic mass is 19.1. The van der Waals surface area contributed by atoms with Gasteiger partial charge in [0, 0.05) is 48.2 Å². The Hall–Kier alpha value is -3.87. The first-order valence-corrected chi connectivity index (χ1v) is 13.6. The van der Waals surface area contributed by atoms with Crippen LogP contribution in [0.2, 0.25) is 0 Å². The summed E-state index contributed by atoms with van der Waals surface area (Å²) >= 11 is 0. The third kappa shape index (κ3) is 4.15. The number of halogens is 1. The van der Waals surface area contributed by atoms with Crippen LogP contribution >= 0.6 is 0 Å². The van der Waals surface area contributed by atoms with E-state index in [9.17, 15) is 9.50 Å². The number of nitrogens with zero attached hydrogens (tertiary/aromatic N) is 5. The Morgan fingerprint density at radius 2 is 1.97 bits per heavy atom. The molecule has 0 spiro atoms. The van der Waals surface area contributed by atoms with Crippen molar-refractivity contribution in [1.29, 1.82) is 0 Å². The standard InChI is InChI=1S/C30H31FN6O2/c1-3-23-26(31)9-6-18-11-22(38)12-24(29(18)23)25-14-32-37-28(36-15-19-7-8-20(16-36)33-19)13-27(34-30(25)37)39-17-21-5-4-10-35(21)2/h1,6,9,11-14,19-21,33,38H,4-5,7-8,10,15-17H2,2H3. The molecule has 3 unspecified atom stereocenters. The fourth-order valence-corrected chi connectivity index (χ4v) is 6.55. The molecule has 3 saturated heterocycles. The van der Waals surface area contributed by atoms with E-state index in [0.717, 1.165) is 51.1 Å². The number of nitrogens with one attached hydrogen (secondary N) is 1. The first-order valence-electron chi connectivity index (χ1n) is 13.6. The monoisotopic (exact) mass is 526 g/mol. The number of rotatable bonds is 5. The summed E-state index contributed by atoms with van der Waals surface area (Å²) in [5.41, 5.74) is 1.96. The third-order valence-electron chi connectivity index (χ3n) is 8.55. The number of hydrogen-bond acceptors (Lipinski definition) is 7. The van der Waals surface area contributed by atoms with Crippen LogP contribution in [0.3, 0.4) is 0 Å². The van der Waals surface area contributed by atoms with Crippen molar-refractivity contribution in [2.75, 3.05) is 38.2 Å². The van der Waals surface area contributed by atoms with Crippen LogP contribution in [0.25, 0.3) is 27.5 Å². The molecule has 200 valence electrons. The molecule has 5 heterocycles. The Balaban J connectivity index is 1.39. The second-order valence-electron chi connectivity index (χ2n) is 11.0. The summed E-state index contributed by atoms with van der Waals surface area (Å²) in [5.74, 6) is 3.52. The molecule has 0 radical (unpaired) electrons. The van der Waals surface area contributed by atoms with Crippen molar-refractivity contribution in [3.63, 3.8) is 0 Å². The zero-order valence-corrected chi connectivity index (χ0v) is 21.9. The largest absolute Gasteiger partial charge is 0.508 e. The Kier molecular flexibility index (Phi) is 5.83. The lowest BCUT2D eigenvalue weighted by Crippen LogP contribution is -2.51. The molecule has 0 saturated carbocycles. The van der Waals surface area contributed by atoms with Crippen molar-refractivity contribution in [1.82, 2.24) is 24.8 Å². The third-order valence-corrected chi connectivity index (χ3v) is 8.55. The molecule has 3 atom stereocenters. The van der Waals surface area contributed by atoms with Crippen LogP contribution in [-0.4, -0.2) is 76.0 Å². The topological polar surface area (TPSA) is 78.2 Å². The van der Waals surface area contributed by atoms with Crippen LogP contribution in [0.4, 0.5) is 10.2 Å². The minimum absolute atomic E-state index is 0.0574. The summed E-state index contributed by atoms with van der Waals surface area (Å²) in [6.07, 6.45) is 12.1. The predicted octanol–water partition coefficient (Wildman–Crippen LogP) is 3.79. The smallest absolute Gasteiger partial charge is 0.219 e. The van der Waals surface area contributed by atoms with Gasteiger partial charge in [-0.25, -0.2) is 4.39 Å². The number of ether oxygens (including phenoxy) is 1. The molecule has 0 aliphatic carbocycles. The van der Waals surface area contributed by atoms with Gasteiger partial charge < -0.3 is 25.0 Å². The highest BCUT2D eigenvalue weighted by Gasteiger charge is 2.34. The van der Waals surface area contributed by atoms with E-state index < -0.39 is 5.82 Å². The van der Waals surface area contributed by atoms with E-state index in [1.54, 1.807) is 24.4 Å². The molecule has 2 aromatic carbocycles. The highest BCUT2D eigenvalue weighted by molar-refractivity contribution is 6.04. The zero-order valence-electron chi connectivity index (χ0n) is 21.9. The SMILES string of the molecule is C#Cc1c(F)ccc2cc(O)cc(-c3cnn4c(N5CC6CCC(C5)N6)cc(OCC5CCCN5C)nc34)c12. The molecule has 4 aromatic rings. The molecule has 0 amide bonds. The number of likely N-dealkylation sites (N-methyl/N-ethyl adjacent to an activating group) is 1. The lowest BCUT2D eigenvalue weighted by Gasteiger charge is -2.34. The van der Waals surface area contributed by atoms with Crippen molar-refractivity contribution in [2.45, 2.75) is 43.8 Å². The van der Waals surface area contributed by atoms with Crippen molar-refractivity contribution in [2.24, 2.45) is 0 Å². The number of benzene rings is 2. The van der Waals surface area contributed by atoms with Crippen LogP contribution in [0.5, 0.6) is 11.6 Å². The molecule has 2 aromatic heterocycles. The van der Waals surface area contributed by atoms with Crippen LogP contribution in [0, 0.1) is 18.2 Å². The summed E-state index contributed by atoms with van der Waals surface area (Å²) in [4.78, 5) is 9.59. The van der Waals surface area contributed by atoms with Crippen LogP contribution in [0.1, 0.15) is 31.2 Å². The van der Waals surface area contributed by atoms with Crippen molar-refractivity contribution in [3.8, 4) is 35.1 Å². The number of anilines is 1. The highest BCUT2D eigenvalue weighted by Crippen LogP contribution is 2.39. The lowest BCUT2D eigenvalue weighted by atomic mass is 9.95. The average Bonchev–Trinajstić information content (AvgIpc) is 3.64. The van der Waals surface area contributed by atoms with Gasteiger partial charge in [0.2, 0.25) is 5.88 Å². The number of likely N-dealkylation sites (tertiary alicyclic amines) is 1. The van der Waals surface area contributed by atoms with Gasteiger partial charge in [-0.05, 0) is 68.4 Å². The van der Waals surface area contributed by atoms with Gasteiger partial charge in [-0.15, -0.1) is 6.42 Å². The zero-order chi connectivity index (χ0) is 26.7. The molecule has 9 heteroatoms. The lowest BCUT2D eigenvalue weighted by molar-refractivity contribution is 0.193. The van der Waals surface area contributed by atoms with Gasteiger partial charge in [-0.1, -0.05) is 12.0 Å². The summed E-state index contributed by atoms with van der Waals surface area (Å²) in [5, 5.41) is 20.2. The van der Waals surface area contributed by atoms with Crippen LogP contribution in [-0.2, 0) is 0 Å². The number of fused-ring (bicyclic) bond motifs is 4. The van der Waals surface area contributed by atoms with E-state index >= 15 is 0 Å². The average molecular weight is 527 g/mol. The van der Waals surface area contributed by atoms with Gasteiger partial charge >= 0.3 is 0 Å². The maximum absolute atomic E-state index is 14.8. The van der Waals surface area contributed by atoms with E-state index in [-0.39, 0.29) is 11.3 Å². The molecule has 3 aliphatic rings. The number of hydrogen-bond donors (Lipinski definition) is 2. The number of phenolic OH excluding ortho intramolecular Hbond substituents is 1. The normalized spacial score (nSPS) is 23.1. The van der Waals surface area contributed by atoms with E-state index in [0.29, 0.717) is 58.2 Å². The molecule has 3 aliphatic heterocycles. The number of aromatic nitrogens is 3. The first kappa shape index (κ1) is 24.2. The summed E-state index contributed by atoms with van der Waals surface area (Å²) in [6.45, 7) is 3.37. The van der Waals surface area contributed by atoms with Gasteiger partial charge in [-0.3, -0.25) is 0 Å². The number of piperazine rings is 1. The van der Waals surface area contributed by atoms with Crippen molar-refractivity contribution in [3.05, 3.63) is 47.9 Å². The fourth-order valence-electron chi connectivity index (χ4n) is 6.55. The van der Waals surface area contributed by atoms with E-state index in [4.69, 9.17) is 21.2 Å². The summed E-state index contributed by atoms with van der Waals surface area (Å²) in [6, 6.07) is 9.36. The maximum atomic E-state index is 14.8. The van der Waals surface area contributed by atoms with Crippen LogP contribution < -0.4 is 15.0 Å². The van der Waals surface area contributed by atoms with E-state index in [1.807, 2.05) is 10.6 Å². The van der Waals surface area contributed by atoms with Crippen molar-refractivity contribution >= 4 is 22.2 Å². The number of aromatic hydroxyl groups is 1. The Labute approximate surface area is 226 Å². The first-order chi connectivity index (χ1) is 19.0. The van der Waals surface area contributed by atoms with Gasteiger partial charge in [0.05, 0.1) is 11.8 Å². The summed E-state index contributed by atoms with van der Waals surface area (Å²) in [7, 11) is 2.13. The molecule has 8 nitrogen and oxygen atoms in total. The Morgan fingerprint density at radius 3 is 2.72 bits per heavy atom. The molecular weight excluding hydrogens is 495 g/mol. The Morgan fingerprint density at radius 1 is 1.15 bits per heavy atom. The van der Waals surface area contributed by atoms with Gasteiger partial charge in [0.1, 0.15) is 24.0 Å². The quantitative estimate of drug-likeness (QED) is 0.383. The molecule has 2 bridgehead atoms. The van der Waals surface area contributed by atoms with E-state index in [1.165, 1.54) is 6.07 Å². The summed E-state index contributed by atoms with van der Waals surface area (Å²) < 4.78 is 23.0. The van der Waals surface area contributed by atoms with Gasteiger partial charge in [0.15, 0.2) is 5.65 Å². The molecule has 3 fully saturated rings. The molecule has 7 rings (SSSR count). The Bertz CT molecular complexity index is 1620. The van der Waals surface area contributed by atoms with Crippen molar-refractivity contribution < 1.29 is 14.2 Å². The molecular formula is C30H31FN6O2. The minimum atomic E-state index is -0.483. The van der Waals surface area contributed by atoms with Gasteiger partial charge in [0.25, 0.3) is 0 Å². The number of phenols is 1. The predicted molar refractivity (Wildman–Crippen MR) is 149 cm³/mol. The second-order valence-corrected chi connectivity index (χ2v) is 11.0. The van der Waals surface area contributed by atoms with E-state index in [2.05, 4.69) is 28.1 Å². The molecule has 39 heavy (non-hydrogen) atoms. The number of terminal acetylenes is 1.